The summed E-state index contributed by atoms with van der Waals surface area (Å²) in [5.41, 5.74) is 0.222. The van der Waals surface area contributed by atoms with Gasteiger partial charge in [-0.3, -0.25) is 4.79 Å². The molecule has 11 heteroatoms. The zero-order chi connectivity index (χ0) is 33.6. The molecular formula is C34H60N4O5SSi. The summed E-state index contributed by atoms with van der Waals surface area (Å²) in [5, 5.41) is 11.4. The number of benzene rings is 1. The molecule has 9 nitrogen and oxygen atoms in total. The number of carbonyl (C=O) groups excluding carboxylic acids is 1. The van der Waals surface area contributed by atoms with Gasteiger partial charge in [-0.15, -0.1) is 0 Å². The smallest absolute Gasteiger partial charge is 0.306 e. The fourth-order valence-corrected chi connectivity index (χ4v) is 7.72. The largest absolute Gasteiger partial charge is 0.460 e. The third-order valence-electron chi connectivity index (χ3n) is 8.50. The van der Waals surface area contributed by atoms with Crippen LogP contribution in [0.4, 0.5) is 0 Å². The Hall–Kier alpha value is -2.11. The molecule has 0 saturated heterocycles. The van der Waals surface area contributed by atoms with E-state index in [1.54, 1.807) is 12.1 Å². The Balaban J connectivity index is 1.74. The molecule has 0 aliphatic heterocycles. The first-order valence-corrected chi connectivity index (χ1v) is 21.5. The van der Waals surface area contributed by atoms with Crippen LogP contribution in [0.2, 0.25) is 18.1 Å². The zero-order valence-electron chi connectivity index (χ0n) is 29.3. The molecule has 0 spiro atoms. The number of para-hydroxylation sites is 1. The Morgan fingerprint density at radius 3 is 1.91 bits per heavy atom. The Kier molecular flexibility index (Phi) is 15.9. The number of carbonyl (C=O) groups is 1. The number of nitrogens with zero attached hydrogens (tertiary/aromatic N) is 4. The molecule has 0 saturated carbocycles. The highest BCUT2D eigenvalue weighted by Gasteiger charge is 2.39. The van der Waals surface area contributed by atoms with E-state index in [0.29, 0.717) is 24.9 Å². The van der Waals surface area contributed by atoms with Gasteiger partial charge in [0.15, 0.2) is 8.32 Å². The van der Waals surface area contributed by atoms with E-state index in [1.165, 1.54) is 43.2 Å². The van der Waals surface area contributed by atoms with Gasteiger partial charge < -0.3 is 9.16 Å². The van der Waals surface area contributed by atoms with Crippen LogP contribution in [0.3, 0.4) is 0 Å². The van der Waals surface area contributed by atoms with Gasteiger partial charge in [0, 0.05) is 12.5 Å². The topological polar surface area (TPSA) is 113 Å². The Morgan fingerprint density at radius 2 is 1.36 bits per heavy atom. The van der Waals surface area contributed by atoms with Gasteiger partial charge in [-0.05, 0) is 87.1 Å². The summed E-state index contributed by atoms with van der Waals surface area (Å²) < 4.78 is 39.9. The van der Waals surface area contributed by atoms with Crippen LogP contribution in [0.15, 0.2) is 35.5 Å². The predicted octanol–water partition coefficient (Wildman–Crippen LogP) is 8.63. The van der Waals surface area contributed by atoms with Crippen molar-refractivity contribution in [1.29, 1.82) is 0 Å². The highest BCUT2D eigenvalue weighted by Crippen LogP contribution is 2.38. The number of ether oxygens (including phenoxy) is 1. The Morgan fingerprint density at radius 1 is 0.822 bits per heavy atom. The summed E-state index contributed by atoms with van der Waals surface area (Å²) in [6.45, 7) is 17.0. The van der Waals surface area contributed by atoms with Gasteiger partial charge in [-0.25, -0.2) is 8.42 Å². The molecule has 0 N–H and O–H groups in total. The molecule has 0 radical (unpaired) electrons. The second-order valence-electron chi connectivity index (χ2n) is 14.8. The minimum Gasteiger partial charge on any atom is -0.460 e. The lowest BCUT2D eigenvalue weighted by molar-refractivity contribution is -0.154. The summed E-state index contributed by atoms with van der Waals surface area (Å²) >= 11 is 0. The van der Waals surface area contributed by atoms with E-state index < -0.39 is 23.8 Å². The van der Waals surface area contributed by atoms with Crippen molar-refractivity contribution >= 4 is 24.1 Å². The molecule has 0 aliphatic carbocycles. The first-order valence-electron chi connectivity index (χ1n) is 17.0. The second-order valence-corrected chi connectivity index (χ2v) is 21.6. The summed E-state index contributed by atoms with van der Waals surface area (Å²) in [6, 6.07) is 9.10. The van der Waals surface area contributed by atoms with Crippen molar-refractivity contribution in [3.05, 3.63) is 30.3 Å². The SMILES string of the molecule is CC(C)(C)OC(=O)CCCCCCCCCCCC[C@@H](CCCS(=O)(=O)c1nnnn1-c1ccccc1)O[Si](C)(C)C(C)(C)C. The number of unbranched alkanes of at least 4 members (excludes halogenated alkanes) is 9. The van der Waals surface area contributed by atoms with Gasteiger partial charge in [-0.1, -0.05) is 102 Å². The minimum absolute atomic E-state index is 0.0153. The summed E-state index contributed by atoms with van der Waals surface area (Å²) in [4.78, 5) is 11.8. The second kappa shape index (κ2) is 18.3. The van der Waals surface area contributed by atoms with E-state index in [4.69, 9.17) is 9.16 Å². The van der Waals surface area contributed by atoms with Crippen LogP contribution in [-0.2, 0) is 23.8 Å². The third-order valence-corrected chi connectivity index (χ3v) is 14.7. The van der Waals surface area contributed by atoms with E-state index in [2.05, 4.69) is 49.4 Å². The van der Waals surface area contributed by atoms with Crippen LogP contribution < -0.4 is 0 Å². The molecule has 2 rings (SSSR count). The molecule has 1 aromatic carbocycles. The molecule has 1 aromatic heterocycles. The first kappa shape index (κ1) is 39.1. The van der Waals surface area contributed by atoms with Crippen LogP contribution in [0, 0.1) is 0 Å². The van der Waals surface area contributed by atoms with Crippen molar-refractivity contribution in [2.75, 3.05) is 5.75 Å². The van der Waals surface area contributed by atoms with Gasteiger partial charge in [0.25, 0.3) is 5.16 Å². The summed E-state index contributed by atoms with van der Waals surface area (Å²) in [7, 11) is -5.66. The zero-order valence-corrected chi connectivity index (χ0v) is 31.1. The predicted molar refractivity (Wildman–Crippen MR) is 184 cm³/mol. The van der Waals surface area contributed by atoms with Gasteiger partial charge in [0.05, 0.1) is 11.4 Å². The van der Waals surface area contributed by atoms with Crippen LogP contribution >= 0.6 is 0 Å². The lowest BCUT2D eigenvalue weighted by Crippen LogP contribution is -2.44. The third kappa shape index (κ3) is 14.9. The standard InChI is InChI=1S/C34H60N4O5SSi/c1-33(2,3)42-31(39)27-21-16-14-12-10-9-11-13-15-20-25-30(43-45(7,8)34(4,5)6)26-22-28-44(40,41)32-35-36-37-38(32)29-23-18-17-19-24-29/h17-19,23-24,30H,9-16,20-22,25-28H2,1-8H3/t30-/m0/s1. The van der Waals surface area contributed by atoms with Crippen LogP contribution in [0.25, 0.3) is 5.69 Å². The number of hydrogen-bond acceptors (Lipinski definition) is 8. The fourth-order valence-electron chi connectivity index (χ4n) is 5.00. The molecule has 0 fully saturated rings. The summed E-state index contributed by atoms with van der Waals surface area (Å²) in [5.74, 6) is -0.107. The van der Waals surface area contributed by atoms with Crippen LogP contribution in [0.5, 0.6) is 0 Å². The van der Waals surface area contributed by atoms with Crippen LogP contribution in [-0.4, -0.2) is 60.4 Å². The number of rotatable bonds is 21. The summed E-state index contributed by atoms with van der Waals surface area (Å²) in [6.07, 6.45) is 14.3. The molecule has 0 unspecified atom stereocenters. The Bertz CT molecular complexity index is 1240. The van der Waals surface area contributed by atoms with Gasteiger partial charge in [-0.2, -0.15) is 4.68 Å². The maximum absolute atomic E-state index is 13.2. The van der Waals surface area contributed by atoms with Crippen molar-refractivity contribution < 1.29 is 22.4 Å². The van der Waals surface area contributed by atoms with E-state index >= 15 is 0 Å². The quantitative estimate of drug-likeness (QED) is 0.0740. The number of tetrazole rings is 1. The van der Waals surface area contributed by atoms with Crippen molar-refractivity contribution in [2.24, 2.45) is 0 Å². The van der Waals surface area contributed by atoms with Crippen molar-refractivity contribution in [1.82, 2.24) is 20.2 Å². The number of aromatic nitrogens is 4. The molecule has 0 aliphatic rings. The minimum atomic E-state index is -3.66. The molecular weight excluding hydrogens is 605 g/mol. The number of sulfone groups is 1. The molecule has 1 atom stereocenters. The Labute approximate surface area is 274 Å². The lowest BCUT2D eigenvalue weighted by Gasteiger charge is -2.39. The molecule has 256 valence electrons. The normalized spacial score (nSPS) is 13.6. The number of hydrogen-bond donors (Lipinski definition) is 0. The first-order chi connectivity index (χ1) is 21.0. The maximum atomic E-state index is 13.2. The van der Waals surface area contributed by atoms with Crippen molar-refractivity contribution in [3.63, 3.8) is 0 Å². The molecule has 0 bridgehead atoms. The van der Waals surface area contributed by atoms with Crippen molar-refractivity contribution in [3.8, 4) is 5.69 Å². The lowest BCUT2D eigenvalue weighted by atomic mass is 10.0. The monoisotopic (exact) mass is 664 g/mol. The molecule has 1 heterocycles. The van der Waals surface area contributed by atoms with E-state index in [0.717, 1.165) is 32.1 Å². The van der Waals surface area contributed by atoms with E-state index in [-0.39, 0.29) is 28.0 Å². The van der Waals surface area contributed by atoms with E-state index in [9.17, 15) is 13.2 Å². The average molecular weight is 665 g/mol. The van der Waals surface area contributed by atoms with Gasteiger partial charge in [0.1, 0.15) is 5.60 Å². The highest BCUT2D eigenvalue weighted by atomic mass is 32.2. The van der Waals surface area contributed by atoms with Crippen molar-refractivity contribution in [2.45, 2.75) is 166 Å². The molecule has 45 heavy (non-hydrogen) atoms. The fraction of sp³-hybridized carbons (Fsp3) is 0.765. The molecule has 0 amide bonds. The van der Waals surface area contributed by atoms with Gasteiger partial charge >= 0.3 is 5.97 Å². The molecule has 2 aromatic rings. The van der Waals surface area contributed by atoms with E-state index in [1.807, 2.05) is 39.0 Å². The van der Waals surface area contributed by atoms with Crippen LogP contribution in [0.1, 0.15) is 131 Å². The highest BCUT2D eigenvalue weighted by molar-refractivity contribution is 7.91. The maximum Gasteiger partial charge on any atom is 0.306 e. The number of esters is 1. The average Bonchev–Trinajstić information content (AvgIpc) is 3.43. The van der Waals surface area contributed by atoms with Gasteiger partial charge in [0.2, 0.25) is 9.84 Å².